The molecular formula is C40H59N7O5. The summed E-state index contributed by atoms with van der Waals surface area (Å²) in [5, 5.41) is 16.4. The van der Waals surface area contributed by atoms with Crippen molar-refractivity contribution < 1.29 is 23.9 Å². The minimum atomic E-state index is -0.895. The Labute approximate surface area is 309 Å². The first-order valence-corrected chi connectivity index (χ1v) is 19.1. The number of nitrogens with two attached hydrogens (primary N) is 1. The molecule has 4 rings (SSSR count). The second-order valence-electron chi connectivity index (χ2n) is 14.6. The van der Waals surface area contributed by atoms with Gasteiger partial charge in [0.25, 0.3) is 0 Å². The zero-order valence-corrected chi connectivity index (χ0v) is 31.2. The van der Waals surface area contributed by atoms with Crippen LogP contribution in [-0.2, 0) is 32.2 Å². The zero-order chi connectivity index (χ0) is 37.5. The van der Waals surface area contributed by atoms with E-state index in [2.05, 4.69) is 22.9 Å². The van der Waals surface area contributed by atoms with Gasteiger partial charge in [0, 0.05) is 38.5 Å². The van der Waals surface area contributed by atoms with Crippen LogP contribution in [0.5, 0.6) is 5.75 Å². The Morgan fingerprint density at radius 1 is 0.904 bits per heavy atom. The highest BCUT2D eigenvalue weighted by atomic mass is 16.5. The molecular weight excluding hydrogens is 658 g/mol. The van der Waals surface area contributed by atoms with E-state index >= 15 is 0 Å². The third-order valence-electron chi connectivity index (χ3n) is 9.77. The lowest BCUT2D eigenvalue weighted by Gasteiger charge is -2.32. The molecule has 12 heteroatoms. The van der Waals surface area contributed by atoms with Crippen molar-refractivity contribution in [2.45, 2.75) is 122 Å². The predicted molar refractivity (Wildman–Crippen MR) is 202 cm³/mol. The second-order valence-corrected chi connectivity index (χ2v) is 14.6. The van der Waals surface area contributed by atoms with Crippen molar-refractivity contribution in [3.63, 3.8) is 0 Å². The Bertz CT molecular complexity index is 1470. The molecule has 2 aromatic carbocycles. The lowest BCUT2D eigenvalue weighted by atomic mass is 10.00. The monoisotopic (exact) mass is 717 g/mol. The molecule has 4 atom stereocenters. The van der Waals surface area contributed by atoms with E-state index in [9.17, 15) is 19.2 Å². The van der Waals surface area contributed by atoms with Crippen molar-refractivity contribution in [1.82, 2.24) is 25.8 Å². The largest absolute Gasteiger partial charge is 0.489 e. The van der Waals surface area contributed by atoms with Crippen molar-refractivity contribution in [2.24, 2.45) is 11.7 Å². The number of rotatable bonds is 19. The van der Waals surface area contributed by atoms with Gasteiger partial charge in [0.05, 0.1) is 0 Å². The van der Waals surface area contributed by atoms with Crippen molar-refractivity contribution >= 4 is 29.6 Å². The molecule has 0 aliphatic carbocycles. The van der Waals surface area contributed by atoms with Crippen LogP contribution in [0.4, 0.5) is 0 Å². The molecule has 2 saturated heterocycles. The average molecular weight is 718 g/mol. The van der Waals surface area contributed by atoms with Crippen LogP contribution in [0.2, 0.25) is 0 Å². The molecule has 2 aromatic rings. The van der Waals surface area contributed by atoms with Crippen molar-refractivity contribution in [3.05, 3.63) is 65.7 Å². The maximum atomic E-state index is 14.2. The Balaban J connectivity index is 1.44. The van der Waals surface area contributed by atoms with Gasteiger partial charge < -0.3 is 36.2 Å². The van der Waals surface area contributed by atoms with Crippen LogP contribution in [0.3, 0.4) is 0 Å². The molecule has 4 amide bonds. The Hall–Kier alpha value is -4.61. The maximum absolute atomic E-state index is 14.2. The number of carbonyl (C=O) groups is 4. The third kappa shape index (κ3) is 12.6. The smallest absolute Gasteiger partial charge is 0.245 e. The van der Waals surface area contributed by atoms with Crippen molar-refractivity contribution in [2.75, 3.05) is 19.6 Å². The third-order valence-corrected chi connectivity index (χ3v) is 9.77. The highest BCUT2D eigenvalue weighted by molar-refractivity contribution is 5.94. The number of nitrogens with zero attached hydrogens (tertiary/aromatic N) is 2. The highest BCUT2D eigenvalue weighted by Gasteiger charge is 2.41. The first kappa shape index (κ1) is 40.2. The number of carbonyl (C=O) groups excluding carboxylic acids is 4. The lowest BCUT2D eigenvalue weighted by molar-refractivity contribution is -0.145. The second kappa shape index (κ2) is 20.4. The van der Waals surface area contributed by atoms with Gasteiger partial charge in [-0.25, -0.2) is 0 Å². The number of benzene rings is 2. The fraction of sp³-hybridized carbons (Fsp3) is 0.575. The van der Waals surface area contributed by atoms with Gasteiger partial charge in [0.1, 0.15) is 30.5 Å². The molecule has 0 saturated carbocycles. The van der Waals surface area contributed by atoms with Gasteiger partial charge in [0.2, 0.25) is 23.6 Å². The van der Waals surface area contributed by atoms with Crippen molar-refractivity contribution in [1.29, 1.82) is 5.41 Å². The van der Waals surface area contributed by atoms with Crippen LogP contribution in [-0.4, -0.2) is 83.2 Å². The van der Waals surface area contributed by atoms with E-state index in [0.717, 1.165) is 43.2 Å². The summed E-state index contributed by atoms with van der Waals surface area (Å²) in [4.78, 5) is 58.4. The van der Waals surface area contributed by atoms with Gasteiger partial charge in [-0.05, 0) is 61.3 Å². The van der Waals surface area contributed by atoms with Gasteiger partial charge >= 0.3 is 0 Å². The van der Waals surface area contributed by atoms with E-state index in [1.165, 1.54) is 0 Å². The summed E-state index contributed by atoms with van der Waals surface area (Å²) < 4.78 is 5.94. The topological polar surface area (TPSA) is 170 Å². The van der Waals surface area contributed by atoms with Crippen LogP contribution < -0.4 is 26.4 Å². The van der Waals surface area contributed by atoms with E-state index in [4.69, 9.17) is 15.9 Å². The normalized spacial score (nSPS) is 18.2. The SMILES string of the molecule is CCCCCCCC(=O)N[C@@H](Cc1ccc(OCc2ccccc2)cc1)C(=O)N[C@@H](CC(C)C)C(=O)N1CCC[C@H]1C(=O)N1CC[C@H](NC(=N)N)C1. The van der Waals surface area contributed by atoms with Gasteiger partial charge in [-0.3, -0.25) is 24.6 Å². The average Bonchev–Trinajstić information content (AvgIpc) is 3.80. The minimum Gasteiger partial charge on any atom is -0.489 e. The molecule has 0 bridgehead atoms. The first-order valence-electron chi connectivity index (χ1n) is 19.1. The van der Waals surface area contributed by atoms with Gasteiger partial charge in [0.15, 0.2) is 5.96 Å². The summed E-state index contributed by atoms with van der Waals surface area (Å²) in [5.41, 5.74) is 7.41. The Kier molecular flexibility index (Phi) is 15.8. The van der Waals surface area contributed by atoms with E-state index in [1.54, 1.807) is 9.80 Å². The molecule has 2 aliphatic rings. The maximum Gasteiger partial charge on any atom is 0.245 e. The fourth-order valence-corrected chi connectivity index (χ4v) is 7.02. The van der Waals surface area contributed by atoms with Crippen LogP contribution in [0.25, 0.3) is 0 Å². The summed E-state index contributed by atoms with van der Waals surface area (Å²) in [6.07, 6.45) is 7.88. The predicted octanol–water partition coefficient (Wildman–Crippen LogP) is 4.26. The molecule has 12 nitrogen and oxygen atoms in total. The number of nitrogens with one attached hydrogen (secondary N) is 4. The van der Waals surface area contributed by atoms with E-state index in [-0.39, 0.29) is 42.1 Å². The molecule has 0 aromatic heterocycles. The zero-order valence-electron chi connectivity index (χ0n) is 31.2. The Morgan fingerprint density at radius 3 is 2.33 bits per heavy atom. The highest BCUT2D eigenvalue weighted by Crippen LogP contribution is 2.24. The molecule has 0 spiro atoms. The number of unbranched alkanes of at least 4 members (excludes halogenated alkanes) is 4. The van der Waals surface area contributed by atoms with Crippen LogP contribution in [0.1, 0.15) is 96.1 Å². The quantitative estimate of drug-likeness (QED) is 0.0822. The van der Waals surface area contributed by atoms with Crippen LogP contribution in [0, 0.1) is 11.3 Å². The summed E-state index contributed by atoms with van der Waals surface area (Å²) in [7, 11) is 0. The number of amides is 4. The number of hydrogen-bond acceptors (Lipinski definition) is 6. The van der Waals surface area contributed by atoms with Gasteiger partial charge in [-0.1, -0.05) is 88.9 Å². The van der Waals surface area contributed by atoms with E-state index in [1.807, 2.05) is 68.4 Å². The molecule has 2 heterocycles. The van der Waals surface area contributed by atoms with Crippen LogP contribution >= 0.6 is 0 Å². The molecule has 2 fully saturated rings. The summed E-state index contributed by atoms with van der Waals surface area (Å²) in [6.45, 7) is 7.94. The first-order chi connectivity index (χ1) is 25.0. The summed E-state index contributed by atoms with van der Waals surface area (Å²) >= 11 is 0. The van der Waals surface area contributed by atoms with Crippen LogP contribution in [0.15, 0.2) is 54.6 Å². The molecule has 2 aliphatic heterocycles. The van der Waals surface area contributed by atoms with Gasteiger partial charge in [-0.2, -0.15) is 0 Å². The molecule has 6 N–H and O–H groups in total. The molecule has 284 valence electrons. The molecule has 0 unspecified atom stereocenters. The summed E-state index contributed by atoms with van der Waals surface area (Å²) in [6, 6.07) is 14.9. The number of likely N-dealkylation sites (tertiary alicyclic amines) is 2. The number of hydrogen-bond donors (Lipinski definition) is 5. The molecule has 0 radical (unpaired) electrons. The molecule has 52 heavy (non-hydrogen) atoms. The number of ether oxygens (including phenoxy) is 1. The standard InChI is InChI=1S/C40H59N7O5/c1-4-5-6-7-11-16-36(48)44-33(25-29-17-19-32(20-18-29)52-27-30-13-9-8-10-14-30)37(49)45-34(24-28(2)3)38(50)47-22-12-15-35(47)39(51)46-23-21-31(26-46)43-40(41)42/h8-10,13-14,17-20,28,31,33-35H,4-7,11-12,15-16,21-27H2,1-3H3,(H,44,48)(H,45,49)(H4,41,42,43)/t31-,33-,34-,35-/m0/s1. The lowest BCUT2D eigenvalue weighted by Crippen LogP contribution is -2.57. The summed E-state index contributed by atoms with van der Waals surface area (Å²) in [5.74, 6) is -0.369. The minimum absolute atomic E-state index is 0.0857. The van der Waals surface area contributed by atoms with E-state index < -0.39 is 24.0 Å². The van der Waals surface area contributed by atoms with E-state index in [0.29, 0.717) is 64.1 Å². The fourth-order valence-electron chi connectivity index (χ4n) is 7.02. The number of guanidine groups is 1. The van der Waals surface area contributed by atoms with Gasteiger partial charge in [-0.15, -0.1) is 0 Å². The van der Waals surface area contributed by atoms with Crippen molar-refractivity contribution in [3.8, 4) is 5.75 Å². The Morgan fingerprint density at radius 2 is 1.63 bits per heavy atom.